The molecule has 0 saturated carbocycles. The molecule has 7 saturated heterocycles. The summed E-state index contributed by atoms with van der Waals surface area (Å²) in [5.41, 5.74) is 0. The van der Waals surface area contributed by atoms with E-state index in [-0.39, 0.29) is 0 Å². The van der Waals surface area contributed by atoms with Gasteiger partial charge in [0.05, 0.1) is 46.2 Å². The van der Waals surface area contributed by atoms with Crippen LogP contribution < -0.4 is 0 Å². The SMILES string of the molecule is OC[C@H]1O[C@@H](O[C@H]2[C@H](O)[C@@H](O)[C@H](O[C@@H]3[C@@H](O)[C@H](O[C@H]4[C@H](O)[C@@H](O)[C@H](O[C@H]5[C@H](O)[C@@H](O)[C@H](O[C@H]6[C@H](O)[C@@H](O)[C@H](O[C@@H]7[C@@H](O)[C@H](O)O[C@H](CO)[C@H]7O)O[C@@H]6CO)O[C@@H]5CO)O[C@@H]4CO)O[C@H](CO)[C@H]3O)O[C@@H]2CO)[C@H](O)[C@@H](O)[C@@H]1O. The van der Waals surface area contributed by atoms with E-state index in [9.17, 15) is 117 Å². The number of hydrogen-bond acceptors (Lipinski definition) is 36. The second-order valence-electron chi connectivity index (χ2n) is 19.6. The van der Waals surface area contributed by atoms with Crippen LogP contribution in [0.2, 0.25) is 0 Å². The summed E-state index contributed by atoms with van der Waals surface area (Å²) in [5.74, 6) is 0. The molecule has 78 heavy (non-hydrogen) atoms. The van der Waals surface area contributed by atoms with E-state index in [2.05, 4.69) is 0 Å². The van der Waals surface area contributed by atoms with Gasteiger partial charge in [0.25, 0.3) is 0 Å². The van der Waals surface area contributed by atoms with Crippen molar-refractivity contribution in [2.45, 2.75) is 215 Å². The first-order chi connectivity index (χ1) is 37.0. The Hall–Kier alpha value is -1.44. The molecule has 0 aliphatic carbocycles. The third-order valence-corrected chi connectivity index (χ3v) is 14.5. The monoisotopic (exact) mass is 1150 g/mol. The Bertz CT molecular complexity index is 1810. The quantitative estimate of drug-likeness (QED) is 0.0571. The summed E-state index contributed by atoms with van der Waals surface area (Å²) in [5, 5.41) is 244. The van der Waals surface area contributed by atoms with Gasteiger partial charge in [-0.1, -0.05) is 0 Å². The molecule has 0 bridgehead atoms. The van der Waals surface area contributed by atoms with Crippen molar-refractivity contribution < 1.29 is 179 Å². The lowest BCUT2D eigenvalue weighted by Crippen LogP contribution is -2.68. The first-order valence-corrected chi connectivity index (χ1v) is 24.7. The lowest BCUT2D eigenvalue weighted by Gasteiger charge is -2.50. The molecule has 7 rings (SSSR count). The van der Waals surface area contributed by atoms with Crippen molar-refractivity contribution in [1.82, 2.24) is 0 Å². The predicted octanol–water partition coefficient (Wildman–Crippen LogP) is -16.3. The Labute approximate surface area is 439 Å². The van der Waals surface area contributed by atoms with Gasteiger partial charge in [-0.2, -0.15) is 0 Å². The van der Waals surface area contributed by atoms with Crippen molar-refractivity contribution >= 4 is 0 Å². The molecule has 0 amide bonds. The van der Waals surface area contributed by atoms with Crippen molar-refractivity contribution in [3.63, 3.8) is 0 Å². The molecule has 0 aromatic carbocycles. The Morgan fingerprint density at radius 1 is 0.192 bits per heavy atom. The van der Waals surface area contributed by atoms with Crippen molar-refractivity contribution in [1.29, 1.82) is 0 Å². The molecule has 0 aromatic rings. The molecule has 0 spiro atoms. The standard InChI is InChI=1S/C42H72O36/c43-1-8-15(50)18(53)23(58)37(67-8)73-30-12(5-47)72-41(27(62)22(30)57)78-35-17(52)10(3-45)68-42(29(35)64)76-33-14(7-49)70-39(25(60)20(33)55)74-31-11(4-46)69-38(24(59)19(31)54)75-32-13(6-48)71-40(26(61)21(32)56)77-34-16(51)9(2-44)66-36(65)28(34)63/h8-65H,1-7H2/t8-,9-,10-,11-,12-,13-,14-,15-,16-,17-,18+,19-,20-,21-,22-,23-,24-,25-,26-,27-,28-,29-,30-,31-,32-,33-,34+,35+,36-,37+,38+,39+,40+,41+,42+/m1/s1. The van der Waals surface area contributed by atoms with Gasteiger partial charge in [-0.15, -0.1) is 0 Å². The minimum absolute atomic E-state index is 0.844. The zero-order valence-electron chi connectivity index (χ0n) is 40.8. The molecule has 36 nitrogen and oxygen atoms in total. The zero-order chi connectivity index (χ0) is 57.3. The van der Waals surface area contributed by atoms with Gasteiger partial charge in [0.15, 0.2) is 44.0 Å². The maximum Gasteiger partial charge on any atom is 0.187 e. The van der Waals surface area contributed by atoms with Crippen LogP contribution >= 0.6 is 0 Å². The van der Waals surface area contributed by atoms with E-state index < -0.39 is 261 Å². The maximum absolute atomic E-state index is 11.5. The van der Waals surface area contributed by atoms with E-state index in [1.165, 1.54) is 0 Å². The van der Waals surface area contributed by atoms with E-state index in [1.807, 2.05) is 0 Å². The summed E-state index contributed by atoms with van der Waals surface area (Å²) in [7, 11) is 0. The van der Waals surface area contributed by atoms with Crippen molar-refractivity contribution in [3.8, 4) is 0 Å². The molecule has 23 N–H and O–H groups in total. The Balaban J connectivity index is 0.972. The molecule has 0 radical (unpaired) electrons. The molecule has 0 aromatic heterocycles. The Morgan fingerprint density at radius 2 is 0.410 bits per heavy atom. The van der Waals surface area contributed by atoms with Crippen LogP contribution in [0.25, 0.3) is 0 Å². The average Bonchev–Trinajstić information content (AvgIpc) is 3.45. The number of rotatable bonds is 19. The lowest BCUT2D eigenvalue weighted by molar-refractivity contribution is -0.398. The summed E-state index contributed by atoms with van der Waals surface area (Å²) in [6.45, 7) is -6.89. The Kier molecular flexibility index (Phi) is 22.6. The van der Waals surface area contributed by atoms with E-state index in [1.54, 1.807) is 0 Å². The summed E-state index contributed by atoms with van der Waals surface area (Å²) >= 11 is 0. The van der Waals surface area contributed by atoms with Crippen LogP contribution in [0.1, 0.15) is 0 Å². The van der Waals surface area contributed by atoms with Gasteiger partial charge in [-0.3, -0.25) is 0 Å². The molecule has 7 aliphatic heterocycles. The zero-order valence-corrected chi connectivity index (χ0v) is 40.8. The molecule has 456 valence electrons. The van der Waals surface area contributed by atoms with E-state index in [4.69, 9.17) is 61.6 Å². The number of aliphatic hydroxyl groups is 23. The third-order valence-electron chi connectivity index (χ3n) is 14.5. The first kappa shape index (κ1) is 64.1. The van der Waals surface area contributed by atoms with Crippen LogP contribution in [0.3, 0.4) is 0 Å². The molecular formula is C42H72O36. The van der Waals surface area contributed by atoms with Crippen LogP contribution in [-0.4, -0.2) is 379 Å². The smallest absolute Gasteiger partial charge is 0.187 e. The van der Waals surface area contributed by atoms with Crippen LogP contribution in [-0.2, 0) is 61.6 Å². The third kappa shape index (κ3) is 12.9. The Morgan fingerprint density at radius 3 is 0.705 bits per heavy atom. The minimum Gasteiger partial charge on any atom is -0.394 e. The number of hydrogen-bond donors (Lipinski definition) is 23. The molecule has 7 aliphatic rings. The van der Waals surface area contributed by atoms with Crippen molar-refractivity contribution in [2.24, 2.45) is 0 Å². The predicted molar refractivity (Wildman–Crippen MR) is 232 cm³/mol. The van der Waals surface area contributed by atoms with Gasteiger partial charge in [0, 0.05) is 0 Å². The van der Waals surface area contributed by atoms with Gasteiger partial charge in [-0.05, 0) is 0 Å². The molecule has 35 atom stereocenters. The average molecular weight is 1150 g/mol. The highest BCUT2D eigenvalue weighted by Gasteiger charge is 2.58. The normalized spacial score (nSPS) is 53.5. The van der Waals surface area contributed by atoms with Gasteiger partial charge in [0.2, 0.25) is 0 Å². The second-order valence-corrected chi connectivity index (χ2v) is 19.6. The van der Waals surface area contributed by atoms with Gasteiger partial charge < -0.3 is 179 Å². The summed E-state index contributed by atoms with van der Waals surface area (Å²) in [6, 6.07) is 0. The highest BCUT2D eigenvalue weighted by Crippen LogP contribution is 2.38. The fraction of sp³-hybridized carbons (Fsp3) is 1.00. The molecule has 7 fully saturated rings. The molecule has 36 heteroatoms. The van der Waals surface area contributed by atoms with Crippen LogP contribution in [0.15, 0.2) is 0 Å². The van der Waals surface area contributed by atoms with Crippen LogP contribution in [0.5, 0.6) is 0 Å². The van der Waals surface area contributed by atoms with Crippen molar-refractivity contribution in [2.75, 3.05) is 46.2 Å². The van der Waals surface area contributed by atoms with Crippen LogP contribution in [0, 0.1) is 0 Å². The van der Waals surface area contributed by atoms with Gasteiger partial charge in [0.1, 0.15) is 171 Å². The minimum atomic E-state index is -2.25. The van der Waals surface area contributed by atoms with E-state index >= 15 is 0 Å². The number of ether oxygens (including phenoxy) is 13. The highest BCUT2D eigenvalue weighted by atomic mass is 16.8. The van der Waals surface area contributed by atoms with Crippen molar-refractivity contribution in [3.05, 3.63) is 0 Å². The lowest BCUT2D eigenvalue weighted by atomic mass is 9.95. The van der Waals surface area contributed by atoms with E-state index in [0.29, 0.717) is 0 Å². The number of aliphatic hydroxyl groups excluding tert-OH is 23. The fourth-order valence-corrected chi connectivity index (χ4v) is 10.00. The molecule has 0 unspecified atom stereocenters. The van der Waals surface area contributed by atoms with Gasteiger partial charge >= 0.3 is 0 Å². The van der Waals surface area contributed by atoms with Gasteiger partial charge in [-0.25, -0.2) is 0 Å². The molecular weight excluding hydrogens is 1080 g/mol. The highest BCUT2D eigenvalue weighted by molar-refractivity contribution is 5.01. The maximum atomic E-state index is 11.5. The fourth-order valence-electron chi connectivity index (χ4n) is 10.00. The van der Waals surface area contributed by atoms with Crippen LogP contribution in [0.4, 0.5) is 0 Å². The van der Waals surface area contributed by atoms with E-state index in [0.717, 1.165) is 0 Å². The summed E-state index contributed by atoms with van der Waals surface area (Å²) in [4.78, 5) is 0. The summed E-state index contributed by atoms with van der Waals surface area (Å²) in [6.07, 6.45) is -68.0. The molecule has 7 heterocycles. The topological polar surface area (TPSA) is 585 Å². The summed E-state index contributed by atoms with van der Waals surface area (Å²) < 4.78 is 71.8. The largest absolute Gasteiger partial charge is 0.394 e. The second kappa shape index (κ2) is 27.5. The first-order valence-electron chi connectivity index (χ1n) is 24.7.